The number of H-pyrrole nitrogens is 1. The topological polar surface area (TPSA) is 88.8 Å². The van der Waals surface area contributed by atoms with Crippen molar-refractivity contribution in [3.63, 3.8) is 0 Å². The van der Waals surface area contributed by atoms with Crippen molar-refractivity contribution in [2.75, 3.05) is 6.26 Å². The highest BCUT2D eigenvalue weighted by molar-refractivity contribution is 7.90. The summed E-state index contributed by atoms with van der Waals surface area (Å²) in [5, 5.41) is 7.20. The molecule has 2 aromatic rings. The number of sulfone groups is 1. The van der Waals surface area contributed by atoms with Gasteiger partial charge >= 0.3 is 0 Å². The molecule has 6 heteroatoms. The van der Waals surface area contributed by atoms with Crippen LogP contribution in [0.25, 0.3) is 11.3 Å². The SMILES string of the molecule is CCC(N)Cc1cc(-c2ccc(S(C)(=O)=O)cc2)n[nH]1. The molecule has 1 unspecified atom stereocenters. The molecule has 1 atom stereocenters. The van der Waals surface area contributed by atoms with E-state index in [2.05, 4.69) is 10.2 Å². The molecular weight excluding hydrogens is 274 g/mol. The van der Waals surface area contributed by atoms with Crippen LogP contribution in [0, 0.1) is 0 Å². The maximum absolute atomic E-state index is 11.4. The third-order valence-electron chi connectivity index (χ3n) is 3.22. The molecule has 1 aromatic carbocycles. The van der Waals surface area contributed by atoms with Crippen LogP contribution in [-0.4, -0.2) is 30.9 Å². The van der Waals surface area contributed by atoms with Gasteiger partial charge in [-0.25, -0.2) is 8.42 Å². The largest absolute Gasteiger partial charge is 0.327 e. The summed E-state index contributed by atoms with van der Waals surface area (Å²) in [6.45, 7) is 2.05. The van der Waals surface area contributed by atoms with Crippen LogP contribution < -0.4 is 5.73 Å². The van der Waals surface area contributed by atoms with Gasteiger partial charge in [0.2, 0.25) is 0 Å². The van der Waals surface area contributed by atoms with E-state index >= 15 is 0 Å². The lowest BCUT2D eigenvalue weighted by molar-refractivity contribution is 0.602. The summed E-state index contributed by atoms with van der Waals surface area (Å²) in [7, 11) is -3.16. The summed E-state index contributed by atoms with van der Waals surface area (Å²) < 4.78 is 22.8. The van der Waals surface area contributed by atoms with Gasteiger partial charge in [-0.15, -0.1) is 0 Å². The Balaban J connectivity index is 2.20. The molecule has 1 heterocycles. The van der Waals surface area contributed by atoms with E-state index in [1.807, 2.05) is 13.0 Å². The first kappa shape index (κ1) is 14.7. The van der Waals surface area contributed by atoms with Crippen molar-refractivity contribution in [2.24, 2.45) is 5.73 Å². The monoisotopic (exact) mass is 293 g/mol. The third kappa shape index (κ3) is 3.46. The van der Waals surface area contributed by atoms with Gasteiger partial charge in [0, 0.05) is 30.0 Å². The smallest absolute Gasteiger partial charge is 0.175 e. The summed E-state index contributed by atoms with van der Waals surface area (Å²) in [6, 6.07) is 8.78. The minimum absolute atomic E-state index is 0.121. The molecule has 2 rings (SSSR count). The summed E-state index contributed by atoms with van der Waals surface area (Å²) in [5.41, 5.74) is 8.57. The number of nitrogens with zero attached hydrogens (tertiary/aromatic N) is 1. The van der Waals surface area contributed by atoms with Crippen molar-refractivity contribution >= 4 is 9.84 Å². The molecular formula is C14H19N3O2S. The standard InChI is InChI=1S/C14H19N3O2S/c1-3-11(15)8-12-9-14(17-16-12)10-4-6-13(7-5-10)20(2,18)19/h4-7,9,11H,3,8,15H2,1-2H3,(H,16,17). The van der Waals surface area contributed by atoms with Crippen molar-refractivity contribution in [3.8, 4) is 11.3 Å². The molecule has 0 amide bonds. The molecule has 0 saturated carbocycles. The van der Waals surface area contributed by atoms with Crippen molar-refractivity contribution in [1.82, 2.24) is 10.2 Å². The van der Waals surface area contributed by atoms with Crippen molar-refractivity contribution < 1.29 is 8.42 Å². The first-order chi connectivity index (χ1) is 9.40. The zero-order chi connectivity index (χ0) is 14.8. The molecule has 0 saturated heterocycles. The third-order valence-corrected chi connectivity index (χ3v) is 4.34. The average Bonchev–Trinajstić information content (AvgIpc) is 2.86. The molecule has 3 N–H and O–H groups in total. The van der Waals surface area contributed by atoms with Crippen LogP contribution in [0.15, 0.2) is 35.2 Å². The fourth-order valence-corrected chi connectivity index (χ4v) is 2.54. The minimum Gasteiger partial charge on any atom is -0.327 e. The number of hydrogen-bond donors (Lipinski definition) is 2. The van der Waals surface area contributed by atoms with Gasteiger partial charge in [-0.05, 0) is 24.6 Å². The van der Waals surface area contributed by atoms with E-state index in [0.717, 1.165) is 29.8 Å². The lowest BCUT2D eigenvalue weighted by Gasteiger charge is -2.04. The molecule has 0 radical (unpaired) electrons. The average molecular weight is 293 g/mol. The first-order valence-electron chi connectivity index (χ1n) is 6.50. The number of nitrogens with two attached hydrogens (primary N) is 1. The Morgan fingerprint density at radius 2 is 1.95 bits per heavy atom. The van der Waals surface area contributed by atoms with Gasteiger partial charge in [0.05, 0.1) is 10.6 Å². The highest BCUT2D eigenvalue weighted by atomic mass is 32.2. The fourth-order valence-electron chi connectivity index (χ4n) is 1.91. The highest BCUT2D eigenvalue weighted by Crippen LogP contribution is 2.20. The Hall–Kier alpha value is -1.66. The number of aromatic nitrogens is 2. The second kappa shape index (κ2) is 5.76. The van der Waals surface area contributed by atoms with Crippen LogP contribution in [0.1, 0.15) is 19.0 Å². The van der Waals surface area contributed by atoms with Crippen molar-refractivity contribution in [2.45, 2.75) is 30.7 Å². The number of rotatable bonds is 5. The van der Waals surface area contributed by atoms with Gasteiger partial charge in [0.1, 0.15) is 0 Å². The van der Waals surface area contributed by atoms with E-state index in [-0.39, 0.29) is 6.04 Å². The Labute approximate surface area is 119 Å². The molecule has 5 nitrogen and oxygen atoms in total. The lowest BCUT2D eigenvalue weighted by Crippen LogP contribution is -2.21. The molecule has 0 fully saturated rings. The zero-order valence-corrected chi connectivity index (χ0v) is 12.4. The number of hydrogen-bond acceptors (Lipinski definition) is 4. The Morgan fingerprint density at radius 1 is 1.30 bits per heavy atom. The predicted octanol–water partition coefficient (Wildman–Crippen LogP) is 1.76. The lowest BCUT2D eigenvalue weighted by atomic mass is 10.1. The van der Waals surface area contributed by atoms with E-state index in [1.54, 1.807) is 24.3 Å². The second-order valence-corrected chi connectivity index (χ2v) is 6.96. The predicted molar refractivity (Wildman–Crippen MR) is 79.1 cm³/mol. The van der Waals surface area contributed by atoms with E-state index < -0.39 is 9.84 Å². The van der Waals surface area contributed by atoms with Crippen molar-refractivity contribution in [1.29, 1.82) is 0 Å². The quantitative estimate of drug-likeness (QED) is 0.879. The molecule has 0 spiro atoms. The van der Waals surface area contributed by atoms with Crippen LogP contribution in [-0.2, 0) is 16.3 Å². The van der Waals surface area contributed by atoms with Crippen LogP contribution >= 0.6 is 0 Å². The van der Waals surface area contributed by atoms with Crippen LogP contribution in [0.4, 0.5) is 0 Å². The molecule has 108 valence electrons. The van der Waals surface area contributed by atoms with Gasteiger partial charge in [0.15, 0.2) is 9.84 Å². The number of benzene rings is 1. The molecule has 0 aliphatic carbocycles. The highest BCUT2D eigenvalue weighted by Gasteiger charge is 2.09. The molecule has 0 aliphatic heterocycles. The summed E-state index contributed by atoms with van der Waals surface area (Å²) in [5.74, 6) is 0. The first-order valence-corrected chi connectivity index (χ1v) is 8.39. The summed E-state index contributed by atoms with van der Waals surface area (Å²) in [6.07, 6.45) is 2.86. The van der Waals surface area contributed by atoms with E-state index in [1.165, 1.54) is 6.26 Å². The maximum atomic E-state index is 11.4. The van der Waals surface area contributed by atoms with Crippen molar-refractivity contribution in [3.05, 3.63) is 36.0 Å². The van der Waals surface area contributed by atoms with Gasteiger partial charge in [-0.2, -0.15) is 5.10 Å². The minimum atomic E-state index is -3.16. The van der Waals surface area contributed by atoms with Crippen LogP contribution in [0.2, 0.25) is 0 Å². The molecule has 20 heavy (non-hydrogen) atoms. The molecule has 0 aliphatic rings. The van der Waals surface area contributed by atoms with Gasteiger partial charge in [-0.3, -0.25) is 5.10 Å². The fraction of sp³-hybridized carbons (Fsp3) is 0.357. The normalized spacial score (nSPS) is 13.3. The maximum Gasteiger partial charge on any atom is 0.175 e. The number of aromatic amines is 1. The number of nitrogens with one attached hydrogen (secondary N) is 1. The van der Waals surface area contributed by atoms with E-state index in [0.29, 0.717) is 4.90 Å². The Bertz CT molecular complexity index is 675. The van der Waals surface area contributed by atoms with Gasteiger partial charge in [0.25, 0.3) is 0 Å². The van der Waals surface area contributed by atoms with Crippen LogP contribution in [0.5, 0.6) is 0 Å². The van der Waals surface area contributed by atoms with Gasteiger partial charge in [-0.1, -0.05) is 19.1 Å². The van der Waals surface area contributed by atoms with Crippen LogP contribution in [0.3, 0.4) is 0 Å². The summed E-state index contributed by atoms with van der Waals surface area (Å²) >= 11 is 0. The second-order valence-electron chi connectivity index (χ2n) is 4.95. The van der Waals surface area contributed by atoms with E-state index in [9.17, 15) is 8.42 Å². The Kier molecular flexibility index (Phi) is 4.25. The molecule has 1 aromatic heterocycles. The Morgan fingerprint density at radius 3 is 2.50 bits per heavy atom. The molecule has 0 bridgehead atoms. The van der Waals surface area contributed by atoms with E-state index in [4.69, 9.17) is 5.73 Å². The van der Waals surface area contributed by atoms with Gasteiger partial charge < -0.3 is 5.73 Å². The zero-order valence-electron chi connectivity index (χ0n) is 11.6. The summed E-state index contributed by atoms with van der Waals surface area (Å²) in [4.78, 5) is 0.310.